The van der Waals surface area contributed by atoms with Gasteiger partial charge in [0.15, 0.2) is 6.61 Å². The number of aryl methyl sites for hydroxylation is 1. The molecule has 3 rings (SSSR count). The van der Waals surface area contributed by atoms with Crippen molar-refractivity contribution < 1.29 is 23.9 Å². The van der Waals surface area contributed by atoms with E-state index in [1.165, 1.54) is 11.3 Å². The largest absolute Gasteiger partial charge is 0.456 e. The summed E-state index contributed by atoms with van der Waals surface area (Å²) in [6.45, 7) is 2.67. The molecule has 1 aliphatic carbocycles. The highest BCUT2D eigenvalue weighted by Crippen LogP contribution is 2.42. The van der Waals surface area contributed by atoms with Crippen molar-refractivity contribution in [3.05, 3.63) is 21.9 Å². The highest BCUT2D eigenvalue weighted by atomic mass is 32.1. The molecule has 128 valence electrons. The van der Waals surface area contributed by atoms with Gasteiger partial charge in [0.25, 0.3) is 5.91 Å². The van der Waals surface area contributed by atoms with Gasteiger partial charge < -0.3 is 10.1 Å². The van der Waals surface area contributed by atoms with E-state index >= 15 is 0 Å². The summed E-state index contributed by atoms with van der Waals surface area (Å²) in [6.07, 6.45) is 1.77. The minimum absolute atomic E-state index is 0.124. The summed E-state index contributed by atoms with van der Waals surface area (Å²) in [4.78, 5) is 50.5. The van der Waals surface area contributed by atoms with Gasteiger partial charge in [-0.2, -0.15) is 0 Å². The van der Waals surface area contributed by atoms with Gasteiger partial charge >= 0.3 is 12.0 Å². The Morgan fingerprint density at radius 2 is 2.08 bits per heavy atom. The molecule has 0 spiro atoms. The van der Waals surface area contributed by atoms with Crippen molar-refractivity contribution in [1.82, 2.24) is 10.2 Å². The van der Waals surface area contributed by atoms with Crippen molar-refractivity contribution in [2.24, 2.45) is 5.92 Å². The fourth-order valence-corrected chi connectivity index (χ4v) is 3.56. The lowest BCUT2D eigenvalue weighted by Crippen LogP contribution is -2.46. The van der Waals surface area contributed by atoms with Crippen molar-refractivity contribution in [1.29, 1.82) is 0 Å². The van der Waals surface area contributed by atoms with E-state index in [4.69, 9.17) is 4.74 Å². The predicted octanol–water partition coefficient (Wildman–Crippen LogP) is 1.50. The Hall–Kier alpha value is -2.22. The van der Waals surface area contributed by atoms with Crippen LogP contribution < -0.4 is 5.32 Å². The number of carbonyl (C=O) groups is 4. The van der Waals surface area contributed by atoms with Gasteiger partial charge in [0.2, 0.25) is 5.78 Å². The molecule has 2 heterocycles. The number of carbonyl (C=O) groups excluding carboxylic acids is 4. The Morgan fingerprint density at radius 3 is 2.67 bits per heavy atom. The van der Waals surface area contributed by atoms with Gasteiger partial charge in [-0.05, 0) is 44.7 Å². The normalized spacial score (nSPS) is 23.3. The summed E-state index contributed by atoms with van der Waals surface area (Å²) in [5.41, 5.74) is -0.929. The summed E-state index contributed by atoms with van der Waals surface area (Å²) < 4.78 is 4.91. The molecule has 1 N–H and O–H groups in total. The number of thiophene rings is 1. The van der Waals surface area contributed by atoms with Gasteiger partial charge in [-0.1, -0.05) is 0 Å². The number of esters is 1. The molecule has 1 aromatic heterocycles. The molecule has 1 aliphatic heterocycles. The first-order valence-electron chi connectivity index (χ1n) is 7.70. The van der Waals surface area contributed by atoms with Crippen molar-refractivity contribution >= 4 is 35.0 Å². The number of hydrogen-bond acceptors (Lipinski definition) is 6. The van der Waals surface area contributed by atoms with Gasteiger partial charge in [0, 0.05) is 4.88 Å². The van der Waals surface area contributed by atoms with E-state index in [-0.39, 0.29) is 11.7 Å². The molecule has 1 aromatic rings. The van der Waals surface area contributed by atoms with Gasteiger partial charge in [0.05, 0.1) is 4.88 Å². The van der Waals surface area contributed by atoms with Crippen LogP contribution in [0.5, 0.6) is 0 Å². The molecular formula is C16H18N2O5S. The van der Waals surface area contributed by atoms with E-state index in [9.17, 15) is 19.2 Å². The summed E-state index contributed by atoms with van der Waals surface area (Å²) >= 11 is 1.32. The molecule has 0 radical (unpaired) electrons. The standard InChI is InChI=1S/C16H18N2O5S/c1-9-3-6-12(24-9)11(19)8-23-13(20)7-18-14(21)16(2,10-4-5-10)17-15(18)22/h3,6,10H,4-5,7-8H2,1-2H3,(H,17,22)/t16-/m1/s1. The second kappa shape index (κ2) is 6.01. The number of nitrogens with one attached hydrogen (secondary N) is 1. The smallest absolute Gasteiger partial charge is 0.326 e. The molecule has 1 saturated carbocycles. The molecule has 2 fully saturated rings. The third-order valence-electron chi connectivity index (χ3n) is 4.36. The SMILES string of the molecule is Cc1ccc(C(=O)COC(=O)CN2C(=O)N[C@](C)(C3CC3)C2=O)s1. The number of Topliss-reactive ketones (excluding diaryl/α,β-unsaturated/α-hetero) is 1. The van der Waals surface area contributed by atoms with Gasteiger partial charge in [0.1, 0.15) is 12.1 Å². The molecule has 0 aromatic carbocycles. The lowest BCUT2D eigenvalue weighted by molar-refractivity contribution is -0.146. The third-order valence-corrected chi connectivity index (χ3v) is 5.40. The number of urea groups is 1. The van der Waals surface area contributed by atoms with Crippen LogP contribution in [0.15, 0.2) is 12.1 Å². The maximum absolute atomic E-state index is 12.4. The zero-order valence-electron chi connectivity index (χ0n) is 13.5. The van der Waals surface area contributed by atoms with Gasteiger partial charge in [-0.3, -0.25) is 19.3 Å². The molecule has 1 atom stereocenters. The first-order chi connectivity index (χ1) is 11.3. The second-order valence-electron chi connectivity index (χ2n) is 6.29. The number of imide groups is 1. The third kappa shape index (κ3) is 3.06. The monoisotopic (exact) mass is 350 g/mol. The molecule has 1 saturated heterocycles. The van der Waals surface area contributed by atoms with Crippen LogP contribution in [0, 0.1) is 12.8 Å². The minimum Gasteiger partial charge on any atom is -0.456 e. The lowest BCUT2D eigenvalue weighted by atomic mass is 9.96. The number of ether oxygens (including phenoxy) is 1. The average molecular weight is 350 g/mol. The lowest BCUT2D eigenvalue weighted by Gasteiger charge is -2.20. The van der Waals surface area contributed by atoms with Crippen LogP contribution in [0.2, 0.25) is 0 Å². The van der Waals surface area contributed by atoms with Crippen molar-refractivity contribution in [2.45, 2.75) is 32.2 Å². The molecule has 24 heavy (non-hydrogen) atoms. The zero-order chi connectivity index (χ0) is 17.5. The fraction of sp³-hybridized carbons (Fsp3) is 0.500. The molecular weight excluding hydrogens is 332 g/mol. The van der Waals surface area contributed by atoms with E-state index in [0.717, 1.165) is 22.6 Å². The van der Waals surface area contributed by atoms with E-state index in [2.05, 4.69) is 5.32 Å². The molecule has 0 unspecified atom stereocenters. The summed E-state index contributed by atoms with van der Waals surface area (Å²) in [5.74, 6) is -1.37. The number of hydrogen-bond donors (Lipinski definition) is 1. The molecule has 8 heteroatoms. The number of ketones is 1. The Bertz CT molecular complexity index is 724. The van der Waals surface area contributed by atoms with Crippen molar-refractivity contribution in [3.8, 4) is 0 Å². The van der Waals surface area contributed by atoms with Crippen molar-refractivity contribution in [2.75, 3.05) is 13.2 Å². The Labute approximate surface area is 143 Å². The maximum atomic E-state index is 12.4. The summed E-state index contributed by atoms with van der Waals surface area (Å²) in [6, 6.07) is 2.90. The van der Waals surface area contributed by atoms with E-state index in [1.807, 2.05) is 13.0 Å². The second-order valence-corrected chi connectivity index (χ2v) is 7.58. The minimum atomic E-state index is -0.929. The molecule has 2 aliphatic rings. The average Bonchev–Trinajstić information content (AvgIpc) is 3.27. The van der Waals surface area contributed by atoms with E-state index in [1.54, 1.807) is 13.0 Å². The maximum Gasteiger partial charge on any atom is 0.326 e. The highest BCUT2D eigenvalue weighted by Gasteiger charge is 2.56. The van der Waals surface area contributed by atoms with Crippen LogP contribution in [0.4, 0.5) is 4.79 Å². The number of nitrogens with zero attached hydrogens (tertiary/aromatic N) is 1. The van der Waals surface area contributed by atoms with Crippen molar-refractivity contribution in [3.63, 3.8) is 0 Å². The Morgan fingerprint density at radius 1 is 1.38 bits per heavy atom. The first-order valence-corrected chi connectivity index (χ1v) is 8.52. The Kier molecular flexibility index (Phi) is 4.16. The first kappa shape index (κ1) is 16.6. The topological polar surface area (TPSA) is 92.8 Å². The molecule has 0 bridgehead atoms. The molecule has 7 nitrogen and oxygen atoms in total. The Balaban J connectivity index is 1.54. The zero-order valence-corrected chi connectivity index (χ0v) is 14.3. The van der Waals surface area contributed by atoms with E-state index in [0.29, 0.717) is 4.88 Å². The quantitative estimate of drug-likeness (QED) is 0.477. The van der Waals surface area contributed by atoms with Crippen LogP contribution in [0.1, 0.15) is 34.3 Å². The number of rotatable bonds is 6. The van der Waals surface area contributed by atoms with Crippen LogP contribution in [0.25, 0.3) is 0 Å². The summed E-state index contributed by atoms with van der Waals surface area (Å²) in [5, 5.41) is 2.66. The number of amides is 3. The van der Waals surface area contributed by atoms with Crippen LogP contribution in [-0.2, 0) is 14.3 Å². The predicted molar refractivity (Wildman–Crippen MR) is 85.7 cm³/mol. The van der Waals surface area contributed by atoms with Gasteiger partial charge in [-0.25, -0.2) is 4.79 Å². The van der Waals surface area contributed by atoms with Crippen LogP contribution in [-0.4, -0.2) is 47.3 Å². The highest BCUT2D eigenvalue weighted by molar-refractivity contribution is 7.14. The van der Waals surface area contributed by atoms with Gasteiger partial charge in [-0.15, -0.1) is 11.3 Å². The summed E-state index contributed by atoms with van der Waals surface area (Å²) in [7, 11) is 0. The van der Waals surface area contributed by atoms with Crippen LogP contribution >= 0.6 is 11.3 Å². The van der Waals surface area contributed by atoms with E-state index < -0.39 is 36.6 Å². The fourth-order valence-electron chi connectivity index (χ4n) is 2.77. The van der Waals surface area contributed by atoms with Crippen LogP contribution in [0.3, 0.4) is 0 Å². The molecule has 3 amide bonds.